The number of nitrogens with zero attached hydrogens (tertiary/aromatic N) is 1. The summed E-state index contributed by atoms with van der Waals surface area (Å²) in [5.41, 5.74) is 7.04. The highest BCUT2D eigenvalue weighted by molar-refractivity contribution is 5.94. The summed E-state index contributed by atoms with van der Waals surface area (Å²) in [6.45, 7) is 5.76. The molecule has 0 aromatic carbocycles. The lowest BCUT2D eigenvalue weighted by Gasteiger charge is -2.33. The molecule has 0 aliphatic carbocycles. The Morgan fingerprint density at radius 3 is 2.88 bits per heavy atom. The first-order chi connectivity index (χ1) is 7.41. The van der Waals surface area contributed by atoms with Crippen molar-refractivity contribution >= 4 is 5.91 Å². The molecule has 5 nitrogen and oxygen atoms in total. The van der Waals surface area contributed by atoms with Crippen LogP contribution in [0.1, 0.15) is 35.5 Å². The second kappa shape index (κ2) is 3.45. The van der Waals surface area contributed by atoms with Gasteiger partial charge in [0.05, 0.1) is 17.9 Å². The molecule has 1 aliphatic heterocycles. The standard InChI is InChI=1S/C11H14N2O3/c1-6-9-8(5-15-11(2,3)16-9)7(4-13-6)10(12)14/h4H,5H2,1-3H3,(H2,12,14). The van der Waals surface area contributed by atoms with Crippen LogP contribution in [0, 0.1) is 6.92 Å². The van der Waals surface area contributed by atoms with Crippen LogP contribution in [0.2, 0.25) is 0 Å². The summed E-state index contributed by atoms with van der Waals surface area (Å²) in [5, 5.41) is 0. The number of aryl methyl sites for hydroxylation is 1. The van der Waals surface area contributed by atoms with E-state index in [-0.39, 0.29) is 0 Å². The smallest absolute Gasteiger partial charge is 0.250 e. The fraction of sp³-hybridized carbons (Fsp3) is 0.455. The number of carbonyl (C=O) groups excluding carboxylic acids is 1. The van der Waals surface area contributed by atoms with Crippen LogP contribution in [0.25, 0.3) is 0 Å². The highest BCUT2D eigenvalue weighted by Gasteiger charge is 2.31. The van der Waals surface area contributed by atoms with Crippen LogP contribution < -0.4 is 10.5 Å². The van der Waals surface area contributed by atoms with Gasteiger partial charge in [-0.15, -0.1) is 0 Å². The fourth-order valence-corrected chi connectivity index (χ4v) is 1.65. The van der Waals surface area contributed by atoms with E-state index in [0.717, 1.165) is 5.69 Å². The molecule has 0 atom stereocenters. The van der Waals surface area contributed by atoms with Gasteiger partial charge in [-0.1, -0.05) is 0 Å². The molecule has 0 saturated heterocycles. The van der Waals surface area contributed by atoms with Gasteiger partial charge < -0.3 is 15.2 Å². The third kappa shape index (κ3) is 1.74. The molecule has 16 heavy (non-hydrogen) atoms. The van der Waals surface area contributed by atoms with Crippen molar-refractivity contribution in [3.05, 3.63) is 23.0 Å². The van der Waals surface area contributed by atoms with Crippen molar-refractivity contribution < 1.29 is 14.3 Å². The second-order valence-electron chi connectivity index (χ2n) is 4.22. The zero-order valence-electron chi connectivity index (χ0n) is 9.53. The number of primary amides is 1. The molecular weight excluding hydrogens is 208 g/mol. The van der Waals surface area contributed by atoms with Crippen LogP contribution >= 0.6 is 0 Å². The maximum atomic E-state index is 11.2. The Labute approximate surface area is 93.6 Å². The fourth-order valence-electron chi connectivity index (χ4n) is 1.65. The maximum absolute atomic E-state index is 11.2. The minimum atomic E-state index is -0.699. The summed E-state index contributed by atoms with van der Waals surface area (Å²) < 4.78 is 11.1. The Kier molecular flexibility index (Phi) is 2.35. The van der Waals surface area contributed by atoms with Crippen molar-refractivity contribution in [1.82, 2.24) is 4.98 Å². The minimum Gasteiger partial charge on any atom is -0.461 e. The number of ether oxygens (including phenoxy) is 2. The SMILES string of the molecule is Cc1ncc(C(N)=O)c2c1OC(C)(C)OC2. The van der Waals surface area contributed by atoms with E-state index < -0.39 is 11.7 Å². The van der Waals surface area contributed by atoms with Gasteiger partial charge in [0.15, 0.2) is 5.75 Å². The topological polar surface area (TPSA) is 74.4 Å². The van der Waals surface area contributed by atoms with Crippen molar-refractivity contribution in [1.29, 1.82) is 0 Å². The Morgan fingerprint density at radius 2 is 2.25 bits per heavy atom. The van der Waals surface area contributed by atoms with E-state index in [9.17, 15) is 4.79 Å². The summed E-state index contributed by atoms with van der Waals surface area (Å²) in [4.78, 5) is 15.3. The Morgan fingerprint density at radius 1 is 1.56 bits per heavy atom. The Hall–Kier alpha value is -1.62. The van der Waals surface area contributed by atoms with Gasteiger partial charge in [0.25, 0.3) is 5.91 Å². The largest absolute Gasteiger partial charge is 0.461 e. The van der Waals surface area contributed by atoms with Gasteiger partial charge in [-0.3, -0.25) is 9.78 Å². The Bertz CT molecular complexity index is 455. The number of aromatic nitrogens is 1. The molecular formula is C11H14N2O3. The van der Waals surface area contributed by atoms with Crippen molar-refractivity contribution in [3.63, 3.8) is 0 Å². The molecule has 86 valence electrons. The Balaban J connectivity index is 2.56. The molecule has 2 N–H and O–H groups in total. The first-order valence-corrected chi connectivity index (χ1v) is 5.02. The molecule has 0 radical (unpaired) electrons. The average Bonchev–Trinajstić information content (AvgIpc) is 2.18. The van der Waals surface area contributed by atoms with Gasteiger partial charge in [-0.2, -0.15) is 0 Å². The lowest BCUT2D eigenvalue weighted by molar-refractivity contribution is -0.180. The molecule has 1 aromatic rings. The third-order valence-corrected chi connectivity index (χ3v) is 2.49. The summed E-state index contributed by atoms with van der Waals surface area (Å²) in [6.07, 6.45) is 1.46. The molecule has 0 unspecified atom stereocenters. The number of pyridine rings is 1. The zero-order valence-corrected chi connectivity index (χ0v) is 9.53. The van der Waals surface area contributed by atoms with Crippen LogP contribution in [0.3, 0.4) is 0 Å². The van der Waals surface area contributed by atoms with E-state index >= 15 is 0 Å². The normalized spacial score (nSPS) is 17.4. The molecule has 5 heteroatoms. The van der Waals surface area contributed by atoms with Crippen LogP contribution in [-0.4, -0.2) is 16.7 Å². The van der Waals surface area contributed by atoms with E-state index in [1.807, 2.05) is 20.8 Å². The quantitative estimate of drug-likeness (QED) is 0.773. The molecule has 0 fully saturated rings. The molecule has 0 spiro atoms. The highest BCUT2D eigenvalue weighted by atomic mass is 16.7. The lowest BCUT2D eigenvalue weighted by Crippen LogP contribution is -2.36. The summed E-state index contributed by atoms with van der Waals surface area (Å²) in [7, 11) is 0. The number of hydrogen-bond acceptors (Lipinski definition) is 4. The number of rotatable bonds is 1. The van der Waals surface area contributed by atoms with Gasteiger partial charge in [-0.25, -0.2) is 0 Å². The first-order valence-electron chi connectivity index (χ1n) is 5.02. The van der Waals surface area contributed by atoms with Gasteiger partial charge in [0.1, 0.15) is 0 Å². The molecule has 0 saturated carbocycles. The van der Waals surface area contributed by atoms with Crippen molar-refractivity contribution in [3.8, 4) is 5.75 Å². The minimum absolute atomic E-state index is 0.309. The van der Waals surface area contributed by atoms with Gasteiger partial charge in [-0.05, 0) is 6.92 Å². The molecule has 2 heterocycles. The van der Waals surface area contributed by atoms with Gasteiger partial charge >= 0.3 is 0 Å². The first kappa shape index (κ1) is 10.9. The average molecular weight is 222 g/mol. The molecule has 2 rings (SSSR count). The van der Waals surface area contributed by atoms with Gasteiger partial charge in [0, 0.05) is 25.6 Å². The third-order valence-electron chi connectivity index (χ3n) is 2.49. The number of hydrogen-bond donors (Lipinski definition) is 1. The number of nitrogens with two attached hydrogens (primary N) is 1. The number of amides is 1. The van der Waals surface area contributed by atoms with Crippen molar-refractivity contribution in [2.45, 2.75) is 33.2 Å². The summed E-state index contributed by atoms with van der Waals surface area (Å²) in [6, 6.07) is 0. The van der Waals surface area contributed by atoms with Crippen LogP contribution in [-0.2, 0) is 11.3 Å². The molecule has 1 amide bonds. The predicted octanol–water partition coefficient (Wildman–Crippen LogP) is 1.13. The lowest BCUT2D eigenvalue weighted by atomic mass is 10.1. The van der Waals surface area contributed by atoms with Crippen LogP contribution in [0.15, 0.2) is 6.20 Å². The zero-order chi connectivity index (χ0) is 11.9. The van der Waals surface area contributed by atoms with E-state index in [2.05, 4.69) is 4.98 Å². The summed E-state index contributed by atoms with van der Waals surface area (Å²) in [5.74, 6) is -0.612. The monoisotopic (exact) mass is 222 g/mol. The van der Waals surface area contributed by atoms with E-state index in [1.165, 1.54) is 6.20 Å². The van der Waals surface area contributed by atoms with E-state index in [0.29, 0.717) is 23.5 Å². The molecule has 1 aromatic heterocycles. The van der Waals surface area contributed by atoms with Gasteiger partial charge in [0.2, 0.25) is 5.79 Å². The van der Waals surface area contributed by atoms with Crippen molar-refractivity contribution in [2.75, 3.05) is 0 Å². The van der Waals surface area contributed by atoms with E-state index in [4.69, 9.17) is 15.2 Å². The highest BCUT2D eigenvalue weighted by Crippen LogP contribution is 2.34. The number of fused-ring (bicyclic) bond motifs is 1. The van der Waals surface area contributed by atoms with Crippen LogP contribution in [0.5, 0.6) is 5.75 Å². The molecule has 0 bridgehead atoms. The number of carbonyl (C=O) groups is 1. The maximum Gasteiger partial charge on any atom is 0.250 e. The summed E-state index contributed by atoms with van der Waals surface area (Å²) >= 11 is 0. The molecule has 1 aliphatic rings. The van der Waals surface area contributed by atoms with Crippen molar-refractivity contribution in [2.24, 2.45) is 5.73 Å². The predicted molar refractivity (Wildman–Crippen MR) is 57.0 cm³/mol. The van der Waals surface area contributed by atoms with Crippen LogP contribution in [0.4, 0.5) is 0 Å². The second-order valence-corrected chi connectivity index (χ2v) is 4.22. The van der Waals surface area contributed by atoms with E-state index in [1.54, 1.807) is 0 Å².